The largest absolute Gasteiger partial charge is 0.455 e. The van der Waals surface area contributed by atoms with Crippen molar-refractivity contribution in [3.05, 3.63) is 324 Å². The molecule has 1 aromatic heterocycles. The molecule has 0 saturated heterocycles. The van der Waals surface area contributed by atoms with Gasteiger partial charge in [0.05, 0.1) is 11.0 Å². The number of benzene rings is 12. The molecule has 13 aromatic rings. The Labute approximate surface area is 477 Å². The Morgan fingerprint density at radius 1 is 0.427 bits per heavy atom. The quantitative estimate of drug-likeness (QED) is 0.173. The van der Waals surface area contributed by atoms with Crippen molar-refractivity contribution in [2.75, 3.05) is 4.90 Å². The minimum atomic E-state index is -0.993. The monoisotopic (exact) mass is 1050 g/mol. The lowest BCUT2D eigenvalue weighted by atomic mass is 9.65. The van der Waals surface area contributed by atoms with E-state index in [2.05, 4.69) is 279 Å². The minimum absolute atomic E-state index is 0.402. The van der Waals surface area contributed by atoms with Crippen LogP contribution in [0.4, 0.5) is 17.1 Å². The van der Waals surface area contributed by atoms with Crippen LogP contribution in [0.2, 0.25) is 0 Å². The van der Waals surface area contributed by atoms with Crippen LogP contribution < -0.4 is 10.6 Å². The molecule has 82 heavy (non-hydrogen) atoms. The molecule has 4 aliphatic rings. The number of para-hydroxylation sites is 2. The molecule has 3 unspecified atom stereocenters. The number of furan rings is 1. The third-order valence-electron chi connectivity index (χ3n) is 18.6. The van der Waals surface area contributed by atoms with Crippen molar-refractivity contribution in [2.45, 2.75) is 24.3 Å². The molecule has 3 atom stereocenters. The van der Waals surface area contributed by atoms with Gasteiger partial charge in [-0.3, -0.25) is 0 Å². The molecule has 17 rings (SSSR count). The number of hydrogen-bond acceptors (Lipinski definition) is 3. The van der Waals surface area contributed by atoms with Crippen LogP contribution in [-0.2, 0) is 11.0 Å². The smallest absolute Gasteiger partial charge is 0.143 e. The number of allylic oxidation sites excluding steroid dienone is 4. The van der Waals surface area contributed by atoms with E-state index in [4.69, 9.17) is 10.2 Å². The van der Waals surface area contributed by atoms with E-state index in [9.17, 15) is 0 Å². The summed E-state index contributed by atoms with van der Waals surface area (Å²) in [6.07, 6.45) is 5.85. The van der Waals surface area contributed by atoms with Crippen molar-refractivity contribution in [3.63, 3.8) is 0 Å². The number of nitrogens with zero attached hydrogens (tertiary/aromatic N) is 1. The van der Waals surface area contributed by atoms with E-state index in [1.54, 1.807) is 0 Å². The zero-order valence-electron chi connectivity index (χ0n) is 45.3. The Hall–Kier alpha value is -10.1. The molecule has 0 bridgehead atoms. The van der Waals surface area contributed by atoms with Gasteiger partial charge in [0, 0.05) is 33.4 Å². The minimum Gasteiger partial charge on any atom is -0.455 e. The van der Waals surface area contributed by atoms with Gasteiger partial charge in [0.15, 0.2) is 0 Å². The van der Waals surface area contributed by atoms with Crippen LogP contribution in [-0.4, -0.2) is 0 Å². The summed E-state index contributed by atoms with van der Waals surface area (Å²) in [5.74, 6) is 0.402. The van der Waals surface area contributed by atoms with Crippen molar-refractivity contribution >= 4 is 55.3 Å². The zero-order valence-corrected chi connectivity index (χ0v) is 45.3. The molecular formula is C79H54N2O. The Morgan fingerprint density at radius 2 is 1.01 bits per heavy atom. The Kier molecular flexibility index (Phi) is 10.1. The van der Waals surface area contributed by atoms with Crippen molar-refractivity contribution in [1.82, 2.24) is 0 Å². The van der Waals surface area contributed by atoms with Crippen molar-refractivity contribution in [3.8, 4) is 55.6 Å². The number of anilines is 3. The van der Waals surface area contributed by atoms with Gasteiger partial charge in [-0.15, -0.1) is 0 Å². The van der Waals surface area contributed by atoms with Crippen LogP contribution in [0.25, 0.3) is 93.9 Å². The lowest BCUT2D eigenvalue weighted by Crippen LogP contribution is -2.37. The highest BCUT2D eigenvalue weighted by molar-refractivity contribution is 6.10. The molecule has 2 N–H and O–H groups in total. The summed E-state index contributed by atoms with van der Waals surface area (Å²) in [6.45, 7) is 2.37. The average molecular weight is 1050 g/mol. The van der Waals surface area contributed by atoms with Crippen LogP contribution in [0, 0.1) is 5.92 Å². The summed E-state index contributed by atoms with van der Waals surface area (Å²) < 4.78 is 6.54. The van der Waals surface area contributed by atoms with Crippen LogP contribution in [0.3, 0.4) is 0 Å². The average Bonchev–Trinajstić information content (AvgIpc) is 2.28. The van der Waals surface area contributed by atoms with Crippen molar-refractivity contribution in [1.29, 1.82) is 0 Å². The number of hydrogen-bond donors (Lipinski definition) is 1. The Balaban J connectivity index is 0.834. The fraction of sp³-hybridized carbons (Fsp3) is 0.0633. The van der Waals surface area contributed by atoms with Gasteiger partial charge >= 0.3 is 0 Å². The molecule has 3 heteroatoms. The van der Waals surface area contributed by atoms with E-state index in [0.29, 0.717) is 5.92 Å². The SMILES string of the molecule is CC1C=CC2=C(C1)C1(c3ccccc3-c3cccc(-c4ccc5c(c4)C(N)(c4ccccc4)c4cc(N(c6ccc(-c7ccccc7)cc6)c6ccc(-c7cccc8c7oc7ccccc78)cc6)ccc4-5)c31)c1ccc3ccccc3c12. The molecule has 386 valence electrons. The summed E-state index contributed by atoms with van der Waals surface area (Å²) in [6, 6.07) is 98.0. The van der Waals surface area contributed by atoms with Crippen molar-refractivity contribution in [2.24, 2.45) is 11.7 Å². The van der Waals surface area contributed by atoms with E-state index >= 15 is 0 Å². The first-order valence-corrected chi connectivity index (χ1v) is 28.7. The molecule has 3 nitrogen and oxygen atoms in total. The molecule has 1 spiro atoms. The normalized spacial score (nSPS) is 18.0. The first-order chi connectivity index (χ1) is 40.4. The van der Waals surface area contributed by atoms with Gasteiger partial charge in [-0.05, 0) is 172 Å². The first-order valence-electron chi connectivity index (χ1n) is 28.7. The highest BCUT2D eigenvalue weighted by Crippen LogP contribution is 2.66. The van der Waals surface area contributed by atoms with Gasteiger partial charge in [-0.2, -0.15) is 0 Å². The summed E-state index contributed by atoms with van der Waals surface area (Å²) >= 11 is 0. The maximum absolute atomic E-state index is 8.31. The third-order valence-corrected chi connectivity index (χ3v) is 18.6. The van der Waals surface area contributed by atoms with E-state index in [0.717, 1.165) is 95.5 Å². The predicted molar refractivity (Wildman–Crippen MR) is 340 cm³/mol. The lowest BCUT2D eigenvalue weighted by molar-refractivity contribution is 0.631. The molecular weight excluding hydrogens is 993 g/mol. The van der Waals surface area contributed by atoms with Gasteiger partial charge in [-0.25, -0.2) is 0 Å². The summed E-state index contributed by atoms with van der Waals surface area (Å²) in [7, 11) is 0. The topological polar surface area (TPSA) is 42.4 Å². The van der Waals surface area contributed by atoms with Gasteiger partial charge in [0.1, 0.15) is 11.2 Å². The van der Waals surface area contributed by atoms with Crippen molar-refractivity contribution < 1.29 is 4.42 Å². The molecule has 0 saturated carbocycles. The molecule has 4 aliphatic carbocycles. The second-order valence-electron chi connectivity index (χ2n) is 22.9. The summed E-state index contributed by atoms with van der Waals surface area (Å²) in [4.78, 5) is 2.37. The van der Waals surface area contributed by atoms with Crippen LogP contribution >= 0.6 is 0 Å². The van der Waals surface area contributed by atoms with E-state index in [-0.39, 0.29) is 0 Å². The van der Waals surface area contributed by atoms with Crippen LogP contribution in [0.1, 0.15) is 52.3 Å². The highest BCUT2D eigenvalue weighted by Gasteiger charge is 2.55. The molecule has 0 amide bonds. The van der Waals surface area contributed by atoms with Crippen LogP contribution in [0.15, 0.2) is 289 Å². The van der Waals surface area contributed by atoms with Gasteiger partial charge in [-0.1, -0.05) is 237 Å². The molecule has 0 radical (unpaired) electrons. The summed E-state index contributed by atoms with van der Waals surface area (Å²) in [5, 5.41) is 4.83. The maximum Gasteiger partial charge on any atom is 0.143 e. The Bertz CT molecular complexity index is 4850. The van der Waals surface area contributed by atoms with Crippen LogP contribution in [0.5, 0.6) is 0 Å². The van der Waals surface area contributed by atoms with E-state index in [1.165, 1.54) is 66.4 Å². The number of nitrogens with two attached hydrogens (primary N) is 1. The first kappa shape index (κ1) is 46.8. The molecule has 0 fully saturated rings. The molecule has 1 heterocycles. The van der Waals surface area contributed by atoms with E-state index in [1.807, 2.05) is 12.1 Å². The fourth-order valence-electron chi connectivity index (χ4n) is 15.0. The van der Waals surface area contributed by atoms with Gasteiger partial charge < -0.3 is 15.1 Å². The summed E-state index contributed by atoms with van der Waals surface area (Å²) in [5.41, 5.74) is 35.1. The molecule has 0 aliphatic heterocycles. The number of fused-ring (bicyclic) bond motifs is 17. The Morgan fingerprint density at radius 3 is 1.83 bits per heavy atom. The third kappa shape index (κ3) is 6.57. The standard InChI is InChI=1S/C79H54N2O/c1-49-30-42-68-71(46-49)78(70-45-36-52-18-8-9-21-59(52)75(68)70)69-28-12-10-22-62(69)66-26-14-24-60(76(66)78)54-35-43-63-64-44-41-58(48-73(64)79(80,72(63)47-54)55-19-6-3-7-20-55)81(56-37-31-51(32-38-56)50-16-4-2-5-17-50)57-39-33-53(34-40-57)61-25-15-27-67-65-23-11-13-29-74(65)82-77(61)67/h2-45,47-49H,46,80H2,1H3. The van der Waals surface area contributed by atoms with Gasteiger partial charge in [0.25, 0.3) is 0 Å². The van der Waals surface area contributed by atoms with Gasteiger partial charge in [0.2, 0.25) is 0 Å². The second kappa shape index (κ2) is 17.7. The fourth-order valence-corrected chi connectivity index (χ4v) is 15.0. The zero-order chi connectivity index (χ0) is 54.3. The lowest BCUT2D eigenvalue weighted by Gasteiger charge is -2.36. The highest BCUT2D eigenvalue weighted by atomic mass is 16.3. The number of rotatable bonds is 7. The van der Waals surface area contributed by atoms with E-state index < -0.39 is 11.0 Å². The predicted octanol–water partition coefficient (Wildman–Crippen LogP) is 20.1. The molecule has 12 aromatic carbocycles. The maximum atomic E-state index is 8.31. The second-order valence-corrected chi connectivity index (χ2v) is 22.9.